The molecule has 15 heteroatoms. The van der Waals surface area contributed by atoms with Crippen LogP contribution in [0.5, 0.6) is 5.88 Å². The Bertz CT molecular complexity index is 1660. The molecule has 5 rings (SSSR count). The molecule has 0 aliphatic carbocycles. The van der Waals surface area contributed by atoms with Crippen molar-refractivity contribution < 1.29 is 45.7 Å². The number of aromatic nitrogens is 3. The third kappa shape index (κ3) is 8.39. The summed E-state index contributed by atoms with van der Waals surface area (Å²) in [6.45, 7) is 0.898. The van der Waals surface area contributed by atoms with Gasteiger partial charge in [-0.1, -0.05) is 18.2 Å². The Morgan fingerprint density at radius 2 is 1.57 bits per heavy atom. The molecule has 1 aliphatic heterocycles. The van der Waals surface area contributed by atoms with Crippen LogP contribution < -0.4 is 14.5 Å². The number of methoxy groups -OCH3 is 1. The number of benzene rings is 2. The third-order valence-electron chi connectivity index (χ3n) is 7.78. The van der Waals surface area contributed by atoms with Gasteiger partial charge in [0.15, 0.2) is 0 Å². The highest BCUT2D eigenvalue weighted by atomic mass is 19.4. The average Bonchev–Trinajstić information content (AvgIpc) is 3.04. The summed E-state index contributed by atoms with van der Waals surface area (Å²) in [4.78, 5) is 28.2. The maximum absolute atomic E-state index is 13.7. The molecular weight excluding hydrogens is 632 g/mol. The van der Waals surface area contributed by atoms with Crippen LogP contribution in [-0.2, 0) is 35.0 Å². The van der Waals surface area contributed by atoms with E-state index in [9.17, 15) is 36.2 Å². The number of carbonyl (C=O) groups is 1. The molecule has 0 atom stereocenters. The van der Waals surface area contributed by atoms with E-state index in [1.807, 2.05) is 29.2 Å². The van der Waals surface area contributed by atoms with Crippen molar-refractivity contribution in [3.8, 4) is 5.88 Å². The molecule has 2 aromatic carbocycles. The molecule has 1 aliphatic rings. The second kappa shape index (κ2) is 14.0. The molecule has 1 N–H and O–H groups in total. The molecule has 0 spiro atoms. The Kier molecular flexibility index (Phi) is 10.0. The van der Waals surface area contributed by atoms with E-state index in [1.165, 1.54) is 24.4 Å². The van der Waals surface area contributed by atoms with Crippen molar-refractivity contribution in [2.45, 2.75) is 38.3 Å². The van der Waals surface area contributed by atoms with E-state index in [1.54, 1.807) is 6.07 Å². The van der Waals surface area contributed by atoms with Crippen LogP contribution in [0.3, 0.4) is 0 Å². The topological polar surface area (TPSA) is 101 Å². The van der Waals surface area contributed by atoms with Gasteiger partial charge >= 0.3 is 18.3 Å². The number of alkyl halides is 6. The van der Waals surface area contributed by atoms with E-state index < -0.39 is 41.9 Å². The monoisotopic (exact) mass is 663 g/mol. The van der Waals surface area contributed by atoms with Gasteiger partial charge in [0.25, 0.3) is 0 Å². The summed E-state index contributed by atoms with van der Waals surface area (Å²) in [5, 5.41) is 10.8. The summed E-state index contributed by atoms with van der Waals surface area (Å²) < 4.78 is 93.0. The molecule has 250 valence electrons. The lowest BCUT2D eigenvalue weighted by molar-refractivity contribution is -0.144. The van der Waals surface area contributed by atoms with Gasteiger partial charge < -0.3 is 24.4 Å². The van der Waals surface area contributed by atoms with Crippen molar-refractivity contribution in [2.24, 2.45) is 5.92 Å². The van der Waals surface area contributed by atoms with E-state index in [4.69, 9.17) is 9.47 Å². The van der Waals surface area contributed by atoms with Crippen LogP contribution >= 0.6 is 0 Å². The molecule has 4 aromatic rings. The normalized spacial score (nSPS) is 14.4. The smallest absolute Gasteiger partial charge is 0.416 e. The SMILES string of the molecule is COCCOc1nc(CN(Cc2cc(C(F)(F)F)cc(C(F)(F)F)c2)c2ncc(N3CCC(C(=O)O)CC3)cn2)cc2ccccc12. The number of fused-ring (bicyclic) bond motifs is 1. The molecule has 0 amide bonds. The van der Waals surface area contributed by atoms with Gasteiger partial charge in [0, 0.05) is 32.1 Å². The number of hydrogen-bond acceptors (Lipinski definition) is 8. The molecule has 0 saturated carbocycles. The van der Waals surface area contributed by atoms with E-state index in [-0.39, 0.29) is 43.2 Å². The minimum atomic E-state index is -5.01. The fourth-order valence-electron chi connectivity index (χ4n) is 5.38. The molecular formula is C32H31F6N5O4. The number of carboxylic acid groups (broad SMARTS) is 1. The quantitative estimate of drug-likeness (QED) is 0.141. The highest BCUT2D eigenvalue weighted by Crippen LogP contribution is 2.37. The number of pyridine rings is 1. The number of piperidine rings is 1. The third-order valence-corrected chi connectivity index (χ3v) is 7.78. The van der Waals surface area contributed by atoms with Crippen LogP contribution in [-0.4, -0.2) is 59.4 Å². The van der Waals surface area contributed by atoms with E-state index in [0.29, 0.717) is 54.8 Å². The van der Waals surface area contributed by atoms with Crippen LogP contribution in [0.1, 0.15) is 35.2 Å². The largest absolute Gasteiger partial charge is 0.481 e. The zero-order valence-corrected chi connectivity index (χ0v) is 25.2. The lowest BCUT2D eigenvalue weighted by Crippen LogP contribution is -2.36. The molecule has 3 heterocycles. The Labute approximate surface area is 265 Å². The fourth-order valence-corrected chi connectivity index (χ4v) is 5.38. The van der Waals surface area contributed by atoms with Crippen molar-refractivity contribution in [1.29, 1.82) is 0 Å². The van der Waals surface area contributed by atoms with Crippen molar-refractivity contribution in [1.82, 2.24) is 15.0 Å². The number of hydrogen-bond donors (Lipinski definition) is 1. The number of carboxylic acids is 1. The van der Waals surface area contributed by atoms with Gasteiger partial charge in [-0.3, -0.25) is 4.79 Å². The predicted octanol–water partition coefficient (Wildman–Crippen LogP) is 6.60. The zero-order chi connectivity index (χ0) is 33.8. The Balaban J connectivity index is 1.51. The molecule has 0 radical (unpaired) electrons. The summed E-state index contributed by atoms with van der Waals surface area (Å²) in [6, 6.07) is 10.5. The van der Waals surface area contributed by atoms with Crippen molar-refractivity contribution >= 4 is 28.4 Å². The van der Waals surface area contributed by atoms with Gasteiger partial charge in [0.2, 0.25) is 11.8 Å². The second-order valence-corrected chi connectivity index (χ2v) is 11.1. The first-order valence-corrected chi connectivity index (χ1v) is 14.7. The summed E-state index contributed by atoms with van der Waals surface area (Å²) in [5.41, 5.74) is -2.11. The Morgan fingerprint density at radius 1 is 0.936 bits per heavy atom. The van der Waals surface area contributed by atoms with Crippen molar-refractivity contribution in [3.63, 3.8) is 0 Å². The zero-order valence-electron chi connectivity index (χ0n) is 25.2. The van der Waals surface area contributed by atoms with Gasteiger partial charge in [-0.05, 0) is 54.1 Å². The van der Waals surface area contributed by atoms with Crippen LogP contribution in [0.2, 0.25) is 0 Å². The summed E-state index contributed by atoms with van der Waals surface area (Å²) in [5.74, 6) is -0.981. The summed E-state index contributed by atoms with van der Waals surface area (Å²) >= 11 is 0. The minimum Gasteiger partial charge on any atom is -0.481 e. The van der Waals surface area contributed by atoms with E-state index in [2.05, 4.69) is 15.0 Å². The summed E-state index contributed by atoms with van der Waals surface area (Å²) in [6.07, 6.45) is -6.16. The van der Waals surface area contributed by atoms with Crippen LogP contribution in [0.25, 0.3) is 10.8 Å². The van der Waals surface area contributed by atoms with Gasteiger partial charge in [0.1, 0.15) is 6.61 Å². The maximum atomic E-state index is 13.7. The molecule has 0 unspecified atom stereocenters. The Hall–Kier alpha value is -4.66. The first-order chi connectivity index (χ1) is 22.3. The number of rotatable bonds is 11. The maximum Gasteiger partial charge on any atom is 0.416 e. The molecule has 0 bridgehead atoms. The molecule has 47 heavy (non-hydrogen) atoms. The van der Waals surface area contributed by atoms with Crippen molar-refractivity contribution in [2.75, 3.05) is 43.2 Å². The molecule has 1 fully saturated rings. The lowest BCUT2D eigenvalue weighted by atomic mass is 9.97. The molecule has 9 nitrogen and oxygen atoms in total. The summed E-state index contributed by atoms with van der Waals surface area (Å²) in [7, 11) is 1.52. The van der Waals surface area contributed by atoms with E-state index in [0.717, 1.165) is 5.39 Å². The first kappa shape index (κ1) is 33.7. The predicted molar refractivity (Wildman–Crippen MR) is 160 cm³/mol. The number of aliphatic carboxylic acids is 1. The highest BCUT2D eigenvalue weighted by molar-refractivity contribution is 5.87. The van der Waals surface area contributed by atoms with Gasteiger partial charge in [-0.25, -0.2) is 15.0 Å². The van der Waals surface area contributed by atoms with Crippen LogP contribution in [0.4, 0.5) is 38.0 Å². The second-order valence-electron chi connectivity index (χ2n) is 11.1. The molecule has 1 saturated heterocycles. The standard InChI is InChI=1S/C32H31F6N5O4/c1-46-10-11-47-28-27-5-3-2-4-22(27)14-25(41-28)19-43(18-20-12-23(31(33,34)35)15-24(13-20)32(36,37)38)30-39-16-26(17-40-30)42-8-6-21(7-9-42)29(44)45/h2-5,12-17,21H,6-11,18-19H2,1H3,(H,44,45). The molecule has 2 aromatic heterocycles. The number of anilines is 2. The van der Waals surface area contributed by atoms with E-state index >= 15 is 0 Å². The first-order valence-electron chi connectivity index (χ1n) is 14.7. The van der Waals surface area contributed by atoms with Crippen molar-refractivity contribution in [3.05, 3.63) is 83.3 Å². The highest BCUT2D eigenvalue weighted by Gasteiger charge is 2.37. The average molecular weight is 664 g/mol. The van der Waals surface area contributed by atoms with Crippen LogP contribution in [0, 0.1) is 5.92 Å². The fraction of sp³-hybridized carbons (Fsp3) is 0.375. The Morgan fingerprint density at radius 3 is 2.17 bits per heavy atom. The number of nitrogens with zero attached hydrogens (tertiary/aromatic N) is 5. The van der Waals surface area contributed by atoms with Gasteiger partial charge in [-0.2, -0.15) is 26.3 Å². The number of halogens is 6. The lowest BCUT2D eigenvalue weighted by Gasteiger charge is -2.31. The van der Waals surface area contributed by atoms with Gasteiger partial charge in [0.05, 0.1) is 54.0 Å². The van der Waals surface area contributed by atoms with Gasteiger partial charge in [-0.15, -0.1) is 0 Å². The number of ether oxygens (including phenoxy) is 2. The van der Waals surface area contributed by atoms with Crippen LogP contribution in [0.15, 0.2) is 60.9 Å². The minimum absolute atomic E-state index is 0.0388.